The lowest BCUT2D eigenvalue weighted by Crippen LogP contribution is -2.42. The molecule has 0 heterocycles. The van der Waals surface area contributed by atoms with Gasteiger partial charge in [0.05, 0.1) is 21.1 Å². The predicted octanol–water partition coefficient (Wildman–Crippen LogP) is 5.65. The molecule has 2 N–H and O–H groups in total. The molecule has 0 aliphatic carbocycles. The van der Waals surface area contributed by atoms with Gasteiger partial charge in [-0.05, 0) is 6.42 Å². The normalized spacial score (nSPS) is 13.9. The second-order valence-electron chi connectivity index (χ2n) is 8.72. The van der Waals surface area contributed by atoms with Crippen LogP contribution in [0.2, 0.25) is 0 Å². The topological polar surface area (TPSA) is 66.8 Å². The lowest BCUT2D eigenvalue weighted by Gasteiger charge is -2.29. The van der Waals surface area contributed by atoms with Gasteiger partial charge in [-0.25, -0.2) is 4.57 Å². The summed E-state index contributed by atoms with van der Waals surface area (Å²) >= 11 is 0. The first-order valence-corrected chi connectivity index (χ1v) is 12.2. The van der Waals surface area contributed by atoms with Crippen LogP contribution in [0.15, 0.2) is 0 Å². The second-order valence-corrected chi connectivity index (χ2v) is 9.91. The van der Waals surface area contributed by atoms with Crippen LogP contribution in [-0.2, 0) is 9.09 Å². The zero-order chi connectivity index (χ0) is 19.9. The van der Waals surface area contributed by atoms with Crippen LogP contribution in [-0.4, -0.2) is 48.1 Å². The Morgan fingerprint density at radius 3 is 1.50 bits per heavy atom. The molecule has 0 aromatic rings. The number of unbranched alkanes of at least 4 members (excludes halogenated alkanes) is 12. The number of phosphoric ester groups is 1. The van der Waals surface area contributed by atoms with Crippen molar-refractivity contribution >= 4 is 7.82 Å². The average Bonchev–Trinajstić information content (AvgIpc) is 2.48. The standard InChI is InChI=1S/C20H44NO4P/c1-5-6-7-8-9-10-11-12-13-14-15-16-17-18-20(19-21(2,3)4)25-26(22,23)24/h20H,5-19H2,1-4H3,(H-,22,23,24)/p+1. The summed E-state index contributed by atoms with van der Waals surface area (Å²) in [6, 6.07) is 0. The van der Waals surface area contributed by atoms with Crippen molar-refractivity contribution in [3.63, 3.8) is 0 Å². The van der Waals surface area contributed by atoms with Crippen LogP contribution in [0.3, 0.4) is 0 Å². The highest BCUT2D eigenvalue weighted by Crippen LogP contribution is 2.39. The van der Waals surface area contributed by atoms with E-state index in [2.05, 4.69) is 6.92 Å². The van der Waals surface area contributed by atoms with E-state index in [9.17, 15) is 4.57 Å². The molecule has 0 saturated heterocycles. The third-order valence-electron chi connectivity index (χ3n) is 4.67. The van der Waals surface area contributed by atoms with Gasteiger partial charge in [0.15, 0.2) is 0 Å². The highest BCUT2D eigenvalue weighted by Gasteiger charge is 2.26. The van der Waals surface area contributed by atoms with E-state index >= 15 is 0 Å². The number of hydrogen-bond acceptors (Lipinski definition) is 2. The third kappa shape index (κ3) is 20.4. The molecule has 0 aliphatic rings. The van der Waals surface area contributed by atoms with E-state index < -0.39 is 7.82 Å². The first-order valence-electron chi connectivity index (χ1n) is 10.7. The fraction of sp³-hybridized carbons (Fsp3) is 1.00. The summed E-state index contributed by atoms with van der Waals surface area (Å²) in [6.07, 6.45) is 17.2. The maximum atomic E-state index is 11.1. The van der Waals surface area contributed by atoms with Gasteiger partial charge in [-0.3, -0.25) is 4.52 Å². The van der Waals surface area contributed by atoms with Gasteiger partial charge < -0.3 is 14.3 Å². The van der Waals surface area contributed by atoms with Crippen LogP contribution in [0.25, 0.3) is 0 Å². The minimum absolute atomic E-state index is 0.372. The molecule has 0 aliphatic heterocycles. The van der Waals surface area contributed by atoms with Crippen molar-refractivity contribution in [3.05, 3.63) is 0 Å². The Hall–Kier alpha value is 0.0700. The van der Waals surface area contributed by atoms with Crippen LogP contribution in [0.1, 0.15) is 96.8 Å². The van der Waals surface area contributed by atoms with Crippen molar-refractivity contribution in [2.45, 2.75) is 103 Å². The molecule has 0 aromatic heterocycles. The molecule has 0 radical (unpaired) electrons. The lowest BCUT2D eigenvalue weighted by molar-refractivity contribution is -0.873. The van der Waals surface area contributed by atoms with Crippen molar-refractivity contribution in [1.82, 2.24) is 0 Å². The lowest BCUT2D eigenvalue weighted by atomic mass is 10.0. The monoisotopic (exact) mass is 394 g/mol. The average molecular weight is 395 g/mol. The summed E-state index contributed by atoms with van der Waals surface area (Å²) < 4.78 is 16.7. The zero-order valence-electron chi connectivity index (χ0n) is 17.8. The predicted molar refractivity (Wildman–Crippen MR) is 110 cm³/mol. The van der Waals surface area contributed by atoms with Crippen molar-refractivity contribution in [1.29, 1.82) is 0 Å². The SMILES string of the molecule is CCCCCCCCCCCCCCCC(C[N+](C)(C)C)OP(=O)(O)O. The van der Waals surface area contributed by atoms with Gasteiger partial charge in [-0.15, -0.1) is 0 Å². The number of likely N-dealkylation sites (N-methyl/N-ethyl adjacent to an activating group) is 1. The Bertz CT molecular complexity index is 365. The maximum absolute atomic E-state index is 11.1. The van der Waals surface area contributed by atoms with Crippen LogP contribution < -0.4 is 0 Å². The van der Waals surface area contributed by atoms with E-state index in [1.807, 2.05) is 21.1 Å². The first-order chi connectivity index (χ1) is 12.1. The molecule has 1 unspecified atom stereocenters. The van der Waals surface area contributed by atoms with E-state index in [-0.39, 0.29) is 6.10 Å². The Balaban J connectivity index is 3.62. The van der Waals surface area contributed by atoms with Gasteiger partial charge in [0.25, 0.3) is 0 Å². The number of phosphoric acid groups is 1. The Morgan fingerprint density at radius 1 is 0.769 bits per heavy atom. The highest BCUT2D eigenvalue weighted by molar-refractivity contribution is 7.46. The van der Waals surface area contributed by atoms with Crippen LogP contribution >= 0.6 is 7.82 Å². The number of hydrogen-bond donors (Lipinski definition) is 2. The van der Waals surface area contributed by atoms with Crippen molar-refractivity contribution in [2.24, 2.45) is 0 Å². The van der Waals surface area contributed by atoms with Gasteiger partial charge >= 0.3 is 7.82 Å². The summed E-state index contributed by atoms with van der Waals surface area (Å²) in [5.74, 6) is 0. The van der Waals surface area contributed by atoms with Gasteiger partial charge in [-0.1, -0.05) is 90.4 Å². The van der Waals surface area contributed by atoms with E-state index in [0.29, 0.717) is 11.0 Å². The third-order valence-corrected chi connectivity index (χ3v) is 5.24. The van der Waals surface area contributed by atoms with Gasteiger partial charge in [0.2, 0.25) is 0 Å². The number of rotatable bonds is 18. The summed E-state index contributed by atoms with van der Waals surface area (Å²) in [6.45, 7) is 2.87. The molecular formula is C20H45NO4P+. The van der Waals surface area contributed by atoms with Crippen molar-refractivity contribution < 1.29 is 23.4 Å². The number of quaternary nitrogens is 1. The summed E-state index contributed by atoms with van der Waals surface area (Å²) in [5.41, 5.74) is 0. The van der Waals surface area contributed by atoms with Crippen molar-refractivity contribution in [2.75, 3.05) is 27.7 Å². The molecule has 6 heteroatoms. The van der Waals surface area contributed by atoms with E-state index in [4.69, 9.17) is 14.3 Å². The first kappa shape index (κ1) is 26.1. The summed E-state index contributed by atoms with van der Waals surface area (Å²) in [7, 11) is 1.64. The minimum Gasteiger partial charge on any atom is -0.329 e. The number of nitrogens with zero attached hydrogens (tertiary/aromatic N) is 1. The minimum atomic E-state index is -4.40. The molecule has 0 fully saturated rings. The summed E-state index contributed by atoms with van der Waals surface area (Å²) in [4.78, 5) is 18.1. The van der Waals surface area contributed by atoms with E-state index in [1.54, 1.807) is 0 Å². The molecule has 0 rings (SSSR count). The zero-order valence-corrected chi connectivity index (χ0v) is 18.7. The van der Waals surface area contributed by atoms with Crippen LogP contribution in [0, 0.1) is 0 Å². The molecule has 1 atom stereocenters. The fourth-order valence-corrected chi connectivity index (χ4v) is 3.93. The van der Waals surface area contributed by atoms with Crippen LogP contribution in [0.5, 0.6) is 0 Å². The molecule has 0 amide bonds. The van der Waals surface area contributed by atoms with E-state index in [1.165, 1.54) is 70.6 Å². The molecule has 0 saturated carbocycles. The smallest absolute Gasteiger partial charge is 0.329 e. The van der Waals surface area contributed by atoms with Gasteiger partial charge in [0, 0.05) is 0 Å². The molecule has 0 aromatic carbocycles. The Morgan fingerprint density at radius 2 is 1.15 bits per heavy atom. The molecule has 5 nitrogen and oxygen atoms in total. The largest absolute Gasteiger partial charge is 0.470 e. The fourth-order valence-electron chi connectivity index (χ4n) is 3.37. The van der Waals surface area contributed by atoms with Gasteiger partial charge in [0.1, 0.15) is 12.6 Å². The maximum Gasteiger partial charge on any atom is 0.470 e. The Labute approximate surface area is 162 Å². The molecule has 0 bridgehead atoms. The Kier molecular flexibility index (Phi) is 15.1. The second kappa shape index (κ2) is 15.0. The molecule has 26 heavy (non-hydrogen) atoms. The molecule has 0 spiro atoms. The molecular weight excluding hydrogens is 349 g/mol. The summed E-state index contributed by atoms with van der Waals surface area (Å²) in [5, 5.41) is 0. The van der Waals surface area contributed by atoms with Gasteiger partial charge in [-0.2, -0.15) is 0 Å². The van der Waals surface area contributed by atoms with E-state index in [0.717, 1.165) is 19.3 Å². The molecule has 158 valence electrons. The van der Waals surface area contributed by atoms with Crippen molar-refractivity contribution in [3.8, 4) is 0 Å². The quantitative estimate of drug-likeness (QED) is 0.179. The van der Waals surface area contributed by atoms with Crippen LogP contribution in [0.4, 0.5) is 0 Å². The highest BCUT2D eigenvalue weighted by atomic mass is 31.2.